The molecule has 0 saturated heterocycles. The van der Waals surface area contributed by atoms with Gasteiger partial charge in [0.15, 0.2) is 0 Å². The summed E-state index contributed by atoms with van der Waals surface area (Å²) >= 11 is 0. The highest BCUT2D eigenvalue weighted by Gasteiger charge is 2.24. The maximum atomic E-state index is 3.83. The molecule has 1 heteroatoms. The lowest BCUT2D eigenvalue weighted by Crippen LogP contribution is -2.37. The van der Waals surface area contributed by atoms with Gasteiger partial charge in [-0.3, -0.25) is 0 Å². The monoisotopic (exact) mass is 259 g/mol. The molecule has 1 nitrogen and oxygen atoms in total. The van der Waals surface area contributed by atoms with Crippen molar-refractivity contribution >= 4 is 0 Å². The minimum atomic E-state index is 0.466. The third kappa shape index (κ3) is 4.07. The summed E-state index contributed by atoms with van der Waals surface area (Å²) in [6, 6.07) is 10.3. The Morgan fingerprint density at radius 1 is 1.05 bits per heavy atom. The molecular formula is C18H29N. The first-order chi connectivity index (χ1) is 9.08. The van der Waals surface area contributed by atoms with Gasteiger partial charge < -0.3 is 5.32 Å². The number of nitrogens with one attached hydrogen (secondary N) is 1. The molecule has 0 radical (unpaired) electrons. The van der Waals surface area contributed by atoms with E-state index in [4.69, 9.17) is 0 Å². The van der Waals surface area contributed by atoms with Crippen LogP contribution in [0.1, 0.15) is 64.1 Å². The Kier molecular flexibility index (Phi) is 5.04. The standard InChI is InChI=1S/C18H29N/c1-5-16-6-8-17(9-7-16)15(4)19-18-11-13(2)10-14(3)12-18/h6-9,13-15,18-19H,5,10-12H2,1-4H3. The van der Waals surface area contributed by atoms with Gasteiger partial charge in [-0.25, -0.2) is 0 Å². The lowest BCUT2D eigenvalue weighted by atomic mass is 9.80. The van der Waals surface area contributed by atoms with Crippen molar-refractivity contribution in [3.63, 3.8) is 0 Å². The highest BCUT2D eigenvalue weighted by Crippen LogP contribution is 2.30. The van der Waals surface area contributed by atoms with E-state index in [-0.39, 0.29) is 0 Å². The first kappa shape index (κ1) is 14.6. The fraction of sp³-hybridized carbons (Fsp3) is 0.667. The molecule has 3 unspecified atom stereocenters. The molecule has 19 heavy (non-hydrogen) atoms. The highest BCUT2D eigenvalue weighted by molar-refractivity contribution is 5.24. The maximum absolute atomic E-state index is 3.83. The maximum Gasteiger partial charge on any atom is 0.0294 e. The molecule has 3 atom stereocenters. The summed E-state index contributed by atoms with van der Waals surface area (Å²) in [4.78, 5) is 0. The van der Waals surface area contributed by atoms with E-state index in [1.165, 1.54) is 30.4 Å². The summed E-state index contributed by atoms with van der Waals surface area (Å²) in [5.74, 6) is 1.74. The van der Waals surface area contributed by atoms with E-state index in [1.807, 2.05) is 0 Å². The van der Waals surface area contributed by atoms with Crippen LogP contribution in [0, 0.1) is 11.8 Å². The summed E-state index contributed by atoms with van der Waals surface area (Å²) in [6.07, 6.45) is 5.20. The van der Waals surface area contributed by atoms with E-state index in [9.17, 15) is 0 Å². The van der Waals surface area contributed by atoms with E-state index in [0.29, 0.717) is 12.1 Å². The third-order valence-corrected chi connectivity index (χ3v) is 4.55. The van der Waals surface area contributed by atoms with E-state index in [0.717, 1.165) is 18.3 Å². The number of rotatable bonds is 4. The van der Waals surface area contributed by atoms with E-state index in [2.05, 4.69) is 57.3 Å². The normalized spacial score (nSPS) is 29.2. The molecule has 1 aliphatic carbocycles. The molecule has 0 amide bonds. The highest BCUT2D eigenvalue weighted by atomic mass is 14.9. The number of hydrogen-bond acceptors (Lipinski definition) is 1. The minimum Gasteiger partial charge on any atom is -0.307 e. The van der Waals surface area contributed by atoms with Gasteiger partial charge in [0, 0.05) is 12.1 Å². The fourth-order valence-electron chi connectivity index (χ4n) is 3.57. The smallest absolute Gasteiger partial charge is 0.0294 e. The topological polar surface area (TPSA) is 12.0 Å². The van der Waals surface area contributed by atoms with Gasteiger partial charge in [0.2, 0.25) is 0 Å². The van der Waals surface area contributed by atoms with Gasteiger partial charge in [-0.05, 0) is 55.6 Å². The van der Waals surface area contributed by atoms with Crippen molar-refractivity contribution < 1.29 is 0 Å². The van der Waals surface area contributed by atoms with Gasteiger partial charge in [-0.2, -0.15) is 0 Å². The van der Waals surface area contributed by atoms with Gasteiger partial charge in [-0.1, -0.05) is 45.0 Å². The van der Waals surface area contributed by atoms with Gasteiger partial charge in [0.1, 0.15) is 0 Å². The summed E-state index contributed by atoms with van der Waals surface area (Å²) in [5, 5.41) is 3.83. The van der Waals surface area contributed by atoms with Crippen molar-refractivity contribution in [3.8, 4) is 0 Å². The van der Waals surface area contributed by atoms with Crippen LogP contribution >= 0.6 is 0 Å². The van der Waals surface area contributed by atoms with Crippen LogP contribution < -0.4 is 5.32 Å². The second-order valence-corrected chi connectivity index (χ2v) is 6.60. The SMILES string of the molecule is CCc1ccc(C(C)NC2CC(C)CC(C)C2)cc1. The quantitative estimate of drug-likeness (QED) is 0.824. The number of benzene rings is 1. The zero-order valence-electron chi connectivity index (χ0n) is 12.9. The molecule has 0 bridgehead atoms. The lowest BCUT2D eigenvalue weighted by Gasteiger charge is -2.34. The van der Waals surface area contributed by atoms with Crippen molar-refractivity contribution in [1.29, 1.82) is 0 Å². The molecule has 1 fully saturated rings. The summed E-state index contributed by atoms with van der Waals surface area (Å²) < 4.78 is 0. The van der Waals surface area contributed by atoms with Crippen LogP contribution in [0.2, 0.25) is 0 Å². The second kappa shape index (κ2) is 6.56. The average Bonchev–Trinajstić information content (AvgIpc) is 2.37. The molecule has 1 N–H and O–H groups in total. The zero-order chi connectivity index (χ0) is 13.8. The molecule has 0 aromatic heterocycles. The molecule has 1 saturated carbocycles. The van der Waals surface area contributed by atoms with Crippen LogP contribution in [0.25, 0.3) is 0 Å². The van der Waals surface area contributed by atoms with Crippen LogP contribution in [-0.4, -0.2) is 6.04 Å². The van der Waals surface area contributed by atoms with Gasteiger partial charge >= 0.3 is 0 Å². The fourth-order valence-corrected chi connectivity index (χ4v) is 3.57. The van der Waals surface area contributed by atoms with Crippen LogP contribution in [0.5, 0.6) is 0 Å². The molecule has 0 aliphatic heterocycles. The first-order valence-electron chi connectivity index (χ1n) is 7.93. The van der Waals surface area contributed by atoms with Crippen LogP contribution in [-0.2, 0) is 6.42 Å². The Morgan fingerprint density at radius 3 is 2.16 bits per heavy atom. The van der Waals surface area contributed by atoms with E-state index in [1.54, 1.807) is 0 Å². The van der Waals surface area contributed by atoms with Crippen molar-refractivity contribution in [2.24, 2.45) is 11.8 Å². The largest absolute Gasteiger partial charge is 0.307 e. The Morgan fingerprint density at radius 2 is 1.63 bits per heavy atom. The van der Waals surface area contributed by atoms with Crippen LogP contribution in [0.15, 0.2) is 24.3 Å². The zero-order valence-corrected chi connectivity index (χ0v) is 12.9. The van der Waals surface area contributed by atoms with Gasteiger partial charge in [0.05, 0.1) is 0 Å². The summed E-state index contributed by atoms with van der Waals surface area (Å²) in [7, 11) is 0. The number of aryl methyl sites for hydroxylation is 1. The third-order valence-electron chi connectivity index (χ3n) is 4.55. The predicted octanol–water partition coefficient (Wildman–Crippen LogP) is 4.72. The molecular weight excluding hydrogens is 230 g/mol. The van der Waals surface area contributed by atoms with Crippen molar-refractivity contribution in [1.82, 2.24) is 5.32 Å². The Balaban J connectivity index is 1.93. The Labute approximate surface area is 118 Å². The lowest BCUT2D eigenvalue weighted by molar-refractivity contribution is 0.228. The van der Waals surface area contributed by atoms with E-state index >= 15 is 0 Å². The van der Waals surface area contributed by atoms with E-state index < -0.39 is 0 Å². The molecule has 1 aromatic carbocycles. The summed E-state index contributed by atoms with van der Waals surface area (Å²) in [5.41, 5.74) is 2.85. The van der Waals surface area contributed by atoms with Gasteiger partial charge in [0.25, 0.3) is 0 Å². The first-order valence-corrected chi connectivity index (χ1v) is 7.93. The Bertz CT molecular complexity index is 371. The average molecular weight is 259 g/mol. The predicted molar refractivity (Wildman–Crippen MR) is 83.3 cm³/mol. The molecule has 1 aromatic rings. The van der Waals surface area contributed by atoms with Crippen molar-refractivity contribution in [2.75, 3.05) is 0 Å². The second-order valence-electron chi connectivity index (χ2n) is 6.60. The van der Waals surface area contributed by atoms with Crippen LogP contribution in [0.4, 0.5) is 0 Å². The molecule has 1 aliphatic rings. The molecule has 106 valence electrons. The summed E-state index contributed by atoms with van der Waals surface area (Å²) in [6.45, 7) is 9.29. The molecule has 0 heterocycles. The van der Waals surface area contributed by atoms with Crippen molar-refractivity contribution in [2.45, 2.75) is 65.5 Å². The minimum absolute atomic E-state index is 0.466. The molecule has 0 spiro atoms. The van der Waals surface area contributed by atoms with Crippen LogP contribution in [0.3, 0.4) is 0 Å². The number of hydrogen-bond donors (Lipinski definition) is 1. The molecule has 2 rings (SSSR count). The Hall–Kier alpha value is -0.820. The van der Waals surface area contributed by atoms with Gasteiger partial charge in [-0.15, -0.1) is 0 Å². The van der Waals surface area contributed by atoms with Crippen molar-refractivity contribution in [3.05, 3.63) is 35.4 Å².